The van der Waals surface area contributed by atoms with Crippen molar-refractivity contribution in [2.45, 2.75) is 56.0 Å². The Morgan fingerprint density at radius 1 is 1.23 bits per heavy atom. The van der Waals surface area contributed by atoms with Gasteiger partial charge in [0.05, 0.1) is 10.9 Å². The first-order chi connectivity index (χ1) is 11.8. The highest BCUT2D eigenvalue weighted by Gasteiger charge is 2.27. The zero-order valence-electron chi connectivity index (χ0n) is 14.8. The molecule has 0 spiro atoms. The molecule has 4 N–H and O–H groups in total. The van der Waals surface area contributed by atoms with Crippen LogP contribution in [0.4, 0.5) is 0 Å². The fraction of sp³-hybridized carbons (Fsp3) is 0.588. The van der Waals surface area contributed by atoms with Crippen LogP contribution >= 0.6 is 24.0 Å². The first-order valence-corrected chi connectivity index (χ1v) is 10.5. The first-order valence-electron chi connectivity index (χ1n) is 8.62. The van der Waals surface area contributed by atoms with Crippen molar-refractivity contribution in [3.63, 3.8) is 0 Å². The lowest BCUT2D eigenvalue weighted by Crippen LogP contribution is -2.52. The monoisotopic (exact) mass is 423 g/mol. The van der Waals surface area contributed by atoms with Crippen LogP contribution in [-0.4, -0.2) is 33.0 Å². The lowest BCUT2D eigenvalue weighted by Gasteiger charge is -2.31. The lowest BCUT2D eigenvalue weighted by atomic mass is 9.84. The molecular weight excluding hydrogens is 397 g/mol. The number of carbonyl (C=O) groups is 1. The van der Waals surface area contributed by atoms with Crippen molar-refractivity contribution in [1.29, 1.82) is 0 Å². The van der Waals surface area contributed by atoms with Gasteiger partial charge in [0.1, 0.15) is 0 Å². The topological polar surface area (TPSA) is 101 Å². The van der Waals surface area contributed by atoms with Gasteiger partial charge in [-0.15, -0.1) is 12.4 Å². The summed E-state index contributed by atoms with van der Waals surface area (Å²) in [5.41, 5.74) is 5.82. The number of halogens is 2. The van der Waals surface area contributed by atoms with Crippen molar-refractivity contribution in [3.05, 3.63) is 29.3 Å². The molecule has 0 bridgehead atoms. The van der Waals surface area contributed by atoms with Crippen LogP contribution in [0.25, 0.3) is 0 Å². The molecule has 1 aliphatic rings. The number of benzene rings is 1. The summed E-state index contributed by atoms with van der Waals surface area (Å²) in [6, 6.07) is 4.79. The Kier molecular flexibility index (Phi) is 9.33. The molecule has 1 aliphatic carbocycles. The minimum Gasteiger partial charge on any atom is -0.350 e. The summed E-state index contributed by atoms with van der Waals surface area (Å²) in [7, 11) is -3.79. The van der Waals surface area contributed by atoms with Gasteiger partial charge in [0, 0.05) is 17.6 Å². The third kappa shape index (κ3) is 6.39. The highest BCUT2D eigenvalue weighted by Crippen LogP contribution is 2.26. The Labute approximate surface area is 166 Å². The average molecular weight is 424 g/mol. The molecule has 26 heavy (non-hydrogen) atoms. The molecule has 0 aliphatic heterocycles. The van der Waals surface area contributed by atoms with Gasteiger partial charge < -0.3 is 11.1 Å². The average Bonchev–Trinajstić information content (AvgIpc) is 2.60. The largest absolute Gasteiger partial charge is 0.350 e. The van der Waals surface area contributed by atoms with Gasteiger partial charge in [-0.25, -0.2) is 8.42 Å². The SMILES string of the molecule is CC(NS(=O)(=O)c1ccc(Cl)cc1)C(=O)NC(CN)C1CCCCC1.Cl. The molecule has 0 radical (unpaired) electrons. The summed E-state index contributed by atoms with van der Waals surface area (Å²) in [5.74, 6) is 0.00124. The Morgan fingerprint density at radius 2 is 1.81 bits per heavy atom. The van der Waals surface area contributed by atoms with Crippen molar-refractivity contribution < 1.29 is 13.2 Å². The predicted molar refractivity (Wildman–Crippen MR) is 106 cm³/mol. The minimum atomic E-state index is -3.79. The second kappa shape index (κ2) is 10.5. The van der Waals surface area contributed by atoms with Crippen LogP contribution in [0.1, 0.15) is 39.0 Å². The number of sulfonamides is 1. The highest BCUT2D eigenvalue weighted by atomic mass is 35.5. The van der Waals surface area contributed by atoms with Crippen molar-refractivity contribution >= 4 is 39.9 Å². The van der Waals surface area contributed by atoms with Gasteiger partial charge in [-0.05, 0) is 49.9 Å². The zero-order chi connectivity index (χ0) is 18.4. The molecule has 2 rings (SSSR count). The van der Waals surface area contributed by atoms with E-state index in [2.05, 4.69) is 10.0 Å². The fourth-order valence-corrected chi connectivity index (χ4v) is 4.51. The summed E-state index contributed by atoms with van der Waals surface area (Å²) < 4.78 is 27.1. The van der Waals surface area contributed by atoms with Crippen LogP contribution in [0, 0.1) is 5.92 Å². The Hall–Kier alpha value is -0.860. The van der Waals surface area contributed by atoms with E-state index in [1.807, 2.05) is 0 Å². The van der Waals surface area contributed by atoms with Gasteiger partial charge in [0.2, 0.25) is 15.9 Å². The fourth-order valence-electron chi connectivity index (χ4n) is 3.18. The van der Waals surface area contributed by atoms with Crippen LogP contribution in [0.3, 0.4) is 0 Å². The van der Waals surface area contributed by atoms with E-state index in [9.17, 15) is 13.2 Å². The maximum absolute atomic E-state index is 12.4. The molecule has 1 saturated carbocycles. The van der Waals surface area contributed by atoms with E-state index in [1.165, 1.54) is 37.6 Å². The molecule has 2 atom stereocenters. The smallest absolute Gasteiger partial charge is 0.241 e. The predicted octanol–water partition coefficient (Wildman–Crippen LogP) is 2.45. The van der Waals surface area contributed by atoms with E-state index in [-0.39, 0.29) is 29.3 Å². The van der Waals surface area contributed by atoms with E-state index in [0.29, 0.717) is 17.5 Å². The van der Waals surface area contributed by atoms with Crippen LogP contribution < -0.4 is 15.8 Å². The number of carbonyl (C=O) groups excluding carboxylic acids is 1. The number of rotatable bonds is 7. The molecular formula is C17H27Cl2N3O3S. The highest BCUT2D eigenvalue weighted by molar-refractivity contribution is 7.89. The quantitative estimate of drug-likeness (QED) is 0.626. The van der Waals surface area contributed by atoms with E-state index in [4.69, 9.17) is 17.3 Å². The third-order valence-electron chi connectivity index (χ3n) is 4.65. The number of amides is 1. The summed E-state index contributed by atoms with van der Waals surface area (Å²) in [6.07, 6.45) is 5.62. The molecule has 1 amide bonds. The van der Waals surface area contributed by atoms with Gasteiger partial charge in [-0.3, -0.25) is 4.79 Å². The molecule has 9 heteroatoms. The lowest BCUT2D eigenvalue weighted by molar-refractivity contribution is -0.123. The Morgan fingerprint density at radius 3 is 2.35 bits per heavy atom. The van der Waals surface area contributed by atoms with Gasteiger partial charge >= 0.3 is 0 Å². The molecule has 0 aromatic heterocycles. The van der Waals surface area contributed by atoms with Gasteiger partial charge in [-0.2, -0.15) is 4.72 Å². The number of nitrogens with one attached hydrogen (secondary N) is 2. The van der Waals surface area contributed by atoms with Crippen LogP contribution in [-0.2, 0) is 14.8 Å². The first kappa shape index (κ1) is 23.2. The summed E-state index contributed by atoms with van der Waals surface area (Å²) in [4.78, 5) is 12.5. The maximum atomic E-state index is 12.4. The summed E-state index contributed by atoms with van der Waals surface area (Å²) in [5, 5.41) is 3.35. The zero-order valence-corrected chi connectivity index (χ0v) is 17.2. The van der Waals surface area contributed by atoms with Crippen LogP contribution in [0.2, 0.25) is 5.02 Å². The second-order valence-corrected chi connectivity index (χ2v) is 8.70. The van der Waals surface area contributed by atoms with Crippen molar-refractivity contribution in [1.82, 2.24) is 10.0 Å². The molecule has 6 nitrogen and oxygen atoms in total. The maximum Gasteiger partial charge on any atom is 0.241 e. The van der Waals surface area contributed by atoms with E-state index in [0.717, 1.165) is 25.7 Å². The third-order valence-corrected chi connectivity index (χ3v) is 6.46. The molecule has 0 saturated heterocycles. The molecule has 1 aromatic rings. The van der Waals surface area contributed by atoms with Gasteiger partial charge in [-0.1, -0.05) is 30.9 Å². The normalized spacial score (nSPS) is 17.8. The molecule has 0 heterocycles. The number of hydrogen-bond acceptors (Lipinski definition) is 4. The van der Waals surface area contributed by atoms with Crippen molar-refractivity contribution in [3.8, 4) is 0 Å². The number of hydrogen-bond donors (Lipinski definition) is 3. The number of nitrogens with two attached hydrogens (primary N) is 1. The molecule has 1 fully saturated rings. The molecule has 148 valence electrons. The van der Waals surface area contributed by atoms with Crippen LogP contribution in [0.15, 0.2) is 29.2 Å². The molecule has 2 unspecified atom stereocenters. The summed E-state index contributed by atoms with van der Waals surface area (Å²) in [6.45, 7) is 1.88. The Balaban J connectivity index is 0.00000338. The van der Waals surface area contributed by atoms with Gasteiger partial charge in [0.15, 0.2) is 0 Å². The van der Waals surface area contributed by atoms with Crippen molar-refractivity contribution in [2.24, 2.45) is 11.7 Å². The van der Waals surface area contributed by atoms with E-state index < -0.39 is 16.1 Å². The minimum absolute atomic E-state index is 0. The molecule has 1 aromatic carbocycles. The van der Waals surface area contributed by atoms with Crippen molar-refractivity contribution in [2.75, 3.05) is 6.54 Å². The standard InChI is InChI=1S/C17H26ClN3O3S.ClH/c1-12(21-25(23,24)15-9-7-14(18)8-10-15)17(22)20-16(11-19)13-5-3-2-4-6-13;/h7-10,12-13,16,21H,2-6,11,19H2,1H3,(H,20,22);1H. The van der Waals surface area contributed by atoms with Crippen LogP contribution in [0.5, 0.6) is 0 Å². The summed E-state index contributed by atoms with van der Waals surface area (Å²) >= 11 is 5.77. The Bertz CT molecular complexity index is 677. The van der Waals surface area contributed by atoms with E-state index >= 15 is 0 Å². The second-order valence-electron chi connectivity index (χ2n) is 6.55. The van der Waals surface area contributed by atoms with E-state index in [1.54, 1.807) is 0 Å². The van der Waals surface area contributed by atoms with Gasteiger partial charge in [0.25, 0.3) is 0 Å².